The van der Waals surface area contributed by atoms with E-state index in [2.05, 4.69) is 10.9 Å². The number of nitrogens with zero attached hydrogens (tertiary/aromatic N) is 2. The van der Waals surface area contributed by atoms with E-state index in [0.29, 0.717) is 5.69 Å². The molecule has 1 rings (SSSR count). The Kier molecular flexibility index (Phi) is 6.64. The van der Waals surface area contributed by atoms with Crippen LogP contribution in [0.1, 0.15) is 0 Å². The van der Waals surface area contributed by atoms with Gasteiger partial charge < -0.3 is 0 Å². The molecule has 0 fully saturated rings. The van der Waals surface area contributed by atoms with Gasteiger partial charge in [-0.05, 0) is 12.1 Å². The fourth-order valence-electron chi connectivity index (χ4n) is 0.575. The van der Waals surface area contributed by atoms with Gasteiger partial charge in [0, 0.05) is 6.08 Å². The van der Waals surface area contributed by atoms with Crippen LogP contribution in [0.5, 0.6) is 0 Å². The number of hydrogen-bond acceptors (Lipinski definition) is 4. The predicted octanol–water partition coefficient (Wildman–Crippen LogP) is 2.08. The number of rotatable bonds is 1. The summed E-state index contributed by atoms with van der Waals surface area (Å²) in [5, 5.41) is 7.51. The number of nitriles is 1. The summed E-state index contributed by atoms with van der Waals surface area (Å²) in [4.78, 5) is 0. The molecule has 0 saturated carbocycles. The minimum absolute atomic E-state index is 0.454. The minimum atomic E-state index is -2.34. The molecular weight excluding hydrogens is 200 g/mol. The maximum Gasteiger partial charge on any atom is 0.316 e. The largest absolute Gasteiger partial charge is 0.316 e. The van der Waals surface area contributed by atoms with Crippen LogP contribution in [0.2, 0.25) is 0 Å². The summed E-state index contributed by atoms with van der Waals surface area (Å²) >= 11 is 0. The summed E-state index contributed by atoms with van der Waals surface area (Å²) in [7, 11) is -2.34. The van der Waals surface area contributed by atoms with E-state index in [0.717, 1.165) is 0 Å². The summed E-state index contributed by atoms with van der Waals surface area (Å²) in [5.41, 5.74) is 0.454. The van der Waals surface area contributed by atoms with Crippen LogP contribution in [0, 0.1) is 11.3 Å². The van der Waals surface area contributed by atoms with Gasteiger partial charge in [-0.2, -0.15) is 13.7 Å². The van der Waals surface area contributed by atoms with Gasteiger partial charge in [0.2, 0.25) is 0 Å². The fourth-order valence-corrected chi connectivity index (χ4v) is 0.869. The average Bonchev–Trinajstić information content (AvgIpc) is 2.19. The van der Waals surface area contributed by atoms with E-state index in [4.69, 9.17) is 5.26 Å². The third kappa shape index (κ3) is 6.76. The van der Waals surface area contributed by atoms with Crippen LogP contribution < -0.4 is 0 Å². The van der Waals surface area contributed by atoms with Gasteiger partial charge in [0.15, 0.2) is 0 Å². The van der Waals surface area contributed by atoms with Gasteiger partial charge in [-0.25, -0.2) is 0 Å². The molecule has 0 saturated heterocycles. The topological polar surface area (TPSA) is 70.3 Å². The molecule has 72 valence electrons. The van der Waals surface area contributed by atoms with Gasteiger partial charge in [-0.15, -0.1) is 4.36 Å². The Labute approximate surface area is 83.8 Å². The van der Waals surface area contributed by atoms with Crippen LogP contribution in [0.4, 0.5) is 5.69 Å². The number of hydrogen-bond donors (Lipinski definition) is 0. The first-order valence-corrected chi connectivity index (χ1v) is 4.60. The first-order valence-electron chi connectivity index (χ1n) is 3.57. The monoisotopic (exact) mass is 208 g/mol. The molecule has 0 aliphatic rings. The Morgan fingerprint density at radius 3 is 2.21 bits per heavy atom. The van der Waals surface area contributed by atoms with E-state index in [-0.39, 0.29) is 0 Å². The maximum atomic E-state index is 10.0. The minimum Gasteiger partial charge on any atom is -0.193 e. The smallest absolute Gasteiger partial charge is 0.193 e. The molecule has 5 heteroatoms. The molecule has 4 nitrogen and oxygen atoms in total. The molecule has 14 heavy (non-hydrogen) atoms. The highest BCUT2D eigenvalue weighted by Gasteiger charge is 1.82. The van der Waals surface area contributed by atoms with Crippen molar-refractivity contribution in [2.45, 2.75) is 0 Å². The van der Waals surface area contributed by atoms with E-state index in [1.54, 1.807) is 36.4 Å². The molecule has 0 spiro atoms. The van der Waals surface area contributed by atoms with Crippen molar-refractivity contribution in [1.29, 1.82) is 5.26 Å². The zero-order valence-electron chi connectivity index (χ0n) is 7.29. The van der Waals surface area contributed by atoms with Gasteiger partial charge >= 0.3 is 10.5 Å². The zero-order chi connectivity index (χ0) is 10.8. The molecule has 0 unspecified atom stereocenters. The lowest BCUT2D eigenvalue weighted by Gasteiger charge is -1.83. The average molecular weight is 208 g/mol. The molecule has 0 bridgehead atoms. The Morgan fingerprint density at radius 2 is 1.86 bits per heavy atom. The molecule has 0 amide bonds. The van der Waals surface area contributed by atoms with Crippen LogP contribution in [-0.4, -0.2) is 8.42 Å². The molecule has 0 N–H and O–H groups in total. The third-order valence-electron chi connectivity index (χ3n) is 1.03. The highest BCUT2D eigenvalue weighted by Crippen LogP contribution is 2.07. The van der Waals surface area contributed by atoms with Crippen molar-refractivity contribution >= 4 is 16.2 Å². The number of benzene rings is 1. The highest BCUT2D eigenvalue weighted by molar-refractivity contribution is 7.61. The van der Waals surface area contributed by atoms with E-state index in [9.17, 15) is 8.42 Å². The second kappa shape index (κ2) is 7.71. The summed E-state index contributed by atoms with van der Waals surface area (Å²) in [6.07, 6.45) is 1.18. The first-order chi connectivity index (χ1) is 6.70. The molecule has 1 aromatic carbocycles. The molecular formula is C9H8N2O2S. The van der Waals surface area contributed by atoms with Crippen LogP contribution in [0.3, 0.4) is 0 Å². The Morgan fingerprint density at radius 1 is 1.36 bits per heavy atom. The van der Waals surface area contributed by atoms with Crippen LogP contribution in [0.25, 0.3) is 0 Å². The van der Waals surface area contributed by atoms with Crippen molar-refractivity contribution in [1.82, 2.24) is 0 Å². The normalized spacial score (nSPS) is 7.36. The van der Waals surface area contributed by atoms with Gasteiger partial charge in [0.1, 0.15) is 0 Å². The summed E-state index contributed by atoms with van der Waals surface area (Å²) in [6.45, 7) is 3.12. The second-order valence-corrected chi connectivity index (χ2v) is 2.59. The quantitative estimate of drug-likeness (QED) is 0.663. The van der Waals surface area contributed by atoms with Gasteiger partial charge in [-0.1, -0.05) is 24.8 Å². The van der Waals surface area contributed by atoms with E-state index < -0.39 is 10.5 Å². The Hall–Kier alpha value is -1.93. The van der Waals surface area contributed by atoms with Crippen LogP contribution in [-0.2, 0) is 10.5 Å². The predicted molar refractivity (Wildman–Crippen MR) is 53.3 cm³/mol. The zero-order valence-corrected chi connectivity index (χ0v) is 8.11. The molecule has 0 aromatic heterocycles. The van der Waals surface area contributed by atoms with Gasteiger partial charge in [-0.3, -0.25) is 0 Å². The first kappa shape index (κ1) is 12.1. The summed E-state index contributed by atoms with van der Waals surface area (Å²) in [6, 6.07) is 10.2. The summed E-state index contributed by atoms with van der Waals surface area (Å²) in [5.74, 6) is 0. The van der Waals surface area contributed by atoms with E-state index in [1.165, 1.54) is 6.08 Å². The van der Waals surface area contributed by atoms with Crippen molar-refractivity contribution in [2.75, 3.05) is 0 Å². The number of allylic oxidation sites excluding steroid dienone is 1. The lowest BCUT2D eigenvalue weighted by molar-refractivity contribution is 0.622. The second-order valence-electron chi connectivity index (χ2n) is 1.98. The van der Waals surface area contributed by atoms with Crippen LogP contribution in [0.15, 0.2) is 47.3 Å². The fraction of sp³-hybridized carbons (Fsp3) is 0. The van der Waals surface area contributed by atoms with Crippen molar-refractivity contribution in [2.24, 2.45) is 4.36 Å². The highest BCUT2D eigenvalue weighted by atomic mass is 32.2. The van der Waals surface area contributed by atoms with Crippen LogP contribution >= 0.6 is 0 Å². The third-order valence-corrected chi connectivity index (χ3v) is 1.39. The van der Waals surface area contributed by atoms with Crippen molar-refractivity contribution < 1.29 is 8.42 Å². The summed E-state index contributed by atoms with van der Waals surface area (Å²) < 4.78 is 23.3. The standard InChI is InChI=1S/C6H5NO2S.C3H3N/c8-10(9)7-6-4-2-1-3-5-6;1-2-3-4/h1-5H;2H,1H2. The van der Waals surface area contributed by atoms with Crippen molar-refractivity contribution in [3.63, 3.8) is 0 Å². The molecule has 0 aliphatic carbocycles. The molecule has 1 aromatic rings. The molecule has 0 radical (unpaired) electrons. The van der Waals surface area contributed by atoms with E-state index in [1.807, 2.05) is 0 Å². The van der Waals surface area contributed by atoms with Gasteiger partial charge in [0.25, 0.3) is 0 Å². The van der Waals surface area contributed by atoms with E-state index >= 15 is 0 Å². The lowest BCUT2D eigenvalue weighted by Crippen LogP contribution is -1.60. The van der Waals surface area contributed by atoms with Gasteiger partial charge in [0.05, 0.1) is 11.8 Å². The molecule has 0 aliphatic heterocycles. The Balaban J connectivity index is 0.000000364. The lowest BCUT2D eigenvalue weighted by atomic mass is 10.3. The maximum absolute atomic E-state index is 10.0. The Bertz CT molecular complexity index is 435. The molecule has 0 heterocycles. The molecule has 0 atom stereocenters. The SMILES string of the molecule is C=CC#N.O=S(=O)=Nc1ccccc1. The van der Waals surface area contributed by atoms with Crippen molar-refractivity contribution in [3.8, 4) is 6.07 Å². The van der Waals surface area contributed by atoms with Crippen molar-refractivity contribution in [3.05, 3.63) is 43.0 Å².